The first-order valence-electron chi connectivity index (χ1n) is 9.35. The van der Waals surface area contributed by atoms with Gasteiger partial charge in [0.1, 0.15) is 23.0 Å². The van der Waals surface area contributed by atoms with E-state index in [1.807, 2.05) is 84.9 Å². The van der Waals surface area contributed by atoms with Crippen molar-refractivity contribution in [2.75, 3.05) is 0 Å². The van der Waals surface area contributed by atoms with Crippen molar-refractivity contribution in [1.82, 2.24) is 0 Å². The van der Waals surface area contributed by atoms with Gasteiger partial charge in [-0.2, -0.15) is 0 Å². The molecule has 1 heterocycles. The molecule has 0 unspecified atom stereocenters. The Hall–Kier alpha value is -3.86. The van der Waals surface area contributed by atoms with Crippen LogP contribution in [-0.4, -0.2) is 12.4 Å². The number of para-hydroxylation sites is 4. The van der Waals surface area contributed by atoms with Crippen LogP contribution in [-0.2, 0) is 0 Å². The third-order valence-electron chi connectivity index (χ3n) is 4.82. The summed E-state index contributed by atoms with van der Waals surface area (Å²) in [5.74, 6) is 2.10. The summed E-state index contributed by atoms with van der Waals surface area (Å²) < 4.78 is 18.2. The number of phenolic OH excluding ortho intramolecular Hbond substituents is 1. The highest BCUT2D eigenvalue weighted by Crippen LogP contribution is 2.40. The lowest BCUT2D eigenvalue weighted by Gasteiger charge is -2.17. The van der Waals surface area contributed by atoms with Gasteiger partial charge in [-0.25, -0.2) is 0 Å². The van der Waals surface area contributed by atoms with Crippen molar-refractivity contribution >= 4 is 7.32 Å². The van der Waals surface area contributed by atoms with Gasteiger partial charge in [-0.1, -0.05) is 72.8 Å². The van der Waals surface area contributed by atoms with E-state index in [-0.39, 0.29) is 5.75 Å². The summed E-state index contributed by atoms with van der Waals surface area (Å²) in [6.45, 7) is 0. The van der Waals surface area contributed by atoms with Crippen molar-refractivity contribution in [3.05, 3.63) is 97.1 Å². The van der Waals surface area contributed by atoms with E-state index in [2.05, 4.69) is 0 Å². The predicted octanol–water partition coefficient (Wildman–Crippen LogP) is 5.56. The first kappa shape index (κ1) is 17.3. The van der Waals surface area contributed by atoms with Crippen LogP contribution in [0.2, 0.25) is 0 Å². The smallest absolute Gasteiger partial charge is 0.507 e. The second kappa shape index (κ2) is 7.28. The van der Waals surface area contributed by atoms with Gasteiger partial charge in [-0.05, 0) is 24.3 Å². The second-order valence-corrected chi connectivity index (χ2v) is 6.65. The van der Waals surface area contributed by atoms with E-state index in [9.17, 15) is 5.11 Å². The number of hydrogen-bond acceptors (Lipinski definition) is 4. The number of phenols is 1. The molecule has 0 radical (unpaired) electrons. The van der Waals surface area contributed by atoms with Crippen molar-refractivity contribution in [1.29, 1.82) is 0 Å². The molecule has 0 amide bonds. The maximum atomic E-state index is 10.3. The lowest BCUT2D eigenvalue weighted by Crippen LogP contribution is -2.36. The highest BCUT2D eigenvalue weighted by atomic mass is 16.7. The molecule has 0 spiro atoms. The Kier molecular flexibility index (Phi) is 4.33. The van der Waals surface area contributed by atoms with Crippen LogP contribution in [0.5, 0.6) is 23.0 Å². The number of fused-ring (bicyclic) bond motifs is 3. The zero-order valence-corrected chi connectivity index (χ0v) is 15.5. The molecule has 29 heavy (non-hydrogen) atoms. The fourth-order valence-corrected chi connectivity index (χ4v) is 3.46. The standard InChI is InChI=1S/C24H17BO4/c26-21-13-5-1-9-17(21)18-10-2-6-14-22(18)27-25-28-23-15-7-3-11-19(23)20-12-4-8-16-24(20)29-25/h1-16,26H. The average Bonchev–Trinajstić information content (AvgIpc) is 2.91. The molecule has 0 saturated heterocycles. The van der Waals surface area contributed by atoms with E-state index in [0.717, 1.165) is 16.7 Å². The van der Waals surface area contributed by atoms with Gasteiger partial charge in [0.25, 0.3) is 0 Å². The summed E-state index contributed by atoms with van der Waals surface area (Å²) >= 11 is 0. The Balaban J connectivity index is 1.54. The zero-order chi connectivity index (χ0) is 19.6. The minimum Gasteiger partial charge on any atom is -0.507 e. The molecule has 4 aromatic rings. The van der Waals surface area contributed by atoms with Gasteiger partial charge in [0.15, 0.2) is 0 Å². The SMILES string of the molecule is Oc1ccccc1-c1ccccc1OB1Oc2ccccc2-c2ccccc2O1. The Bertz CT molecular complexity index is 1130. The highest BCUT2D eigenvalue weighted by Gasteiger charge is 2.35. The van der Waals surface area contributed by atoms with E-state index >= 15 is 0 Å². The minimum absolute atomic E-state index is 0.182. The zero-order valence-electron chi connectivity index (χ0n) is 15.5. The van der Waals surface area contributed by atoms with Gasteiger partial charge >= 0.3 is 7.32 Å². The van der Waals surface area contributed by atoms with Gasteiger partial charge in [-0.3, -0.25) is 0 Å². The van der Waals surface area contributed by atoms with Gasteiger partial charge in [-0.15, -0.1) is 0 Å². The fraction of sp³-hybridized carbons (Fsp3) is 0. The molecule has 0 fully saturated rings. The lowest BCUT2D eigenvalue weighted by molar-refractivity contribution is 0.312. The topological polar surface area (TPSA) is 47.9 Å². The molecule has 1 aliphatic rings. The van der Waals surface area contributed by atoms with Gasteiger partial charge in [0.05, 0.1) is 0 Å². The van der Waals surface area contributed by atoms with Crippen molar-refractivity contribution in [2.45, 2.75) is 0 Å². The summed E-state index contributed by atoms with van der Waals surface area (Å²) in [7, 11) is -0.980. The average molecular weight is 380 g/mol. The quantitative estimate of drug-likeness (QED) is 0.473. The molecule has 4 nitrogen and oxygen atoms in total. The third kappa shape index (κ3) is 3.27. The first-order valence-corrected chi connectivity index (χ1v) is 9.35. The van der Waals surface area contributed by atoms with Crippen molar-refractivity contribution in [3.8, 4) is 45.3 Å². The van der Waals surface area contributed by atoms with E-state index in [0.29, 0.717) is 22.8 Å². The Morgan fingerprint density at radius 1 is 0.552 bits per heavy atom. The van der Waals surface area contributed by atoms with Crippen LogP contribution in [0.1, 0.15) is 0 Å². The second-order valence-electron chi connectivity index (χ2n) is 6.65. The highest BCUT2D eigenvalue weighted by molar-refractivity contribution is 6.40. The molecular weight excluding hydrogens is 363 g/mol. The molecule has 5 heteroatoms. The molecular formula is C24H17BO4. The molecule has 0 aliphatic carbocycles. The molecule has 0 saturated carbocycles. The van der Waals surface area contributed by atoms with Crippen molar-refractivity contribution < 1.29 is 19.1 Å². The predicted molar refractivity (Wildman–Crippen MR) is 113 cm³/mol. The van der Waals surface area contributed by atoms with E-state index in [4.69, 9.17) is 14.0 Å². The summed E-state index contributed by atoms with van der Waals surface area (Å²) in [4.78, 5) is 0. The first-order chi connectivity index (χ1) is 14.3. The molecule has 1 N–H and O–H groups in total. The number of aromatic hydroxyl groups is 1. The van der Waals surface area contributed by atoms with Gasteiger partial charge in [0, 0.05) is 22.3 Å². The van der Waals surface area contributed by atoms with Gasteiger partial charge in [0.2, 0.25) is 0 Å². The number of hydrogen-bond donors (Lipinski definition) is 1. The molecule has 140 valence electrons. The van der Waals surface area contributed by atoms with E-state index < -0.39 is 7.32 Å². The molecule has 0 aromatic heterocycles. The molecule has 4 aromatic carbocycles. The molecule has 5 rings (SSSR count). The summed E-state index contributed by atoms with van der Waals surface area (Å²) in [5, 5.41) is 10.3. The maximum absolute atomic E-state index is 10.3. The normalized spacial score (nSPS) is 12.1. The van der Waals surface area contributed by atoms with Crippen LogP contribution in [0.15, 0.2) is 97.1 Å². The van der Waals surface area contributed by atoms with Crippen molar-refractivity contribution in [2.24, 2.45) is 0 Å². The van der Waals surface area contributed by atoms with E-state index in [1.54, 1.807) is 12.1 Å². The number of benzene rings is 4. The number of rotatable bonds is 3. The fourth-order valence-electron chi connectivity index (χ4n) is 3.46. The van der Waals surface area contributed by atoms with Crippen LogP contribution < -0.4 is 14.0 Å². The maximum Gasteiger partial charge on any atom is 0.864 e. The summed E-state index contributed by atoms with van der Waals surface area (Å²) in [6.07, 6.45) is 0. The van der Waals surface area contributed by atoms with E-state index in [1.165, 1.54) is 0 Å². The summed E-state index contributed by atoms with van der Waals surface area (Å²) in [5.41, 5.74) is 3.33. The van der Waals surface area contributed by atoms with Crippen LogP contribution in [0.4, 0.5) is 0 Å². The molecule has 0 bridgehead atoms. The monoisotopic (exact) mass is 380 g/mol. The minimum atomic E-state index is -0.980. The molecule has 0 atom stereocenters. The Morgan fingerprint density at radius 3 is 1.66 bits per heavy atom. The van der Waals surface area contributed by atoms with Crippen LogP contribution in [0, 0.1) is 0 Å². The van der Waals surface area contributed by atoms with Crippen LogP contribution >= 0.6 is 0 Å². The van der Waals surface area contributed by atoms with Crippen LogP contribution in [0.3, 0.4) is 0 Å². The van der Waals surface area contributed by atoms with Crippen molar-refractivity contribution in [3.63, 3.8) is 0 Å². The van der Waals surface area contributed by atoms with Gasteiger partial charge < -0.3 is 19.1 Å². The Labute approximate surface area is 169 Å². The lowest BCUT2D eigenvalue weighted by atomic mass is 10.0. The third-order valence-corrected chi connectivity index (χ3v) is 4.82. The summed E-state index contributed by atoms with van der Waals surface area (Å²) in [6, 6.07) is 30.2. The van der Waals surface area contributed by atoms with Crippen LogP contribution in [0.25, 0.3) is 22.3 Å². The largest absolute Gasteiger partial charge is 0.864 e. The Morgan fingerprint density at radius 2 is 1.03 bits per heavy atom. The molecule has 1 aliphatic heterocycles.